The summed E-state index contributed by atoms with van der Waals surface area (Å²) in [5, 5.41) is 1.18. The molecule has 6 heteroatoms. The maximum absolute atomic E-state index is 6.32. The molecular weight excluding hydrogens is 337 g/mol. The molecule has 1 fully saturated rings. The smallest absolute Gasteiger partial charge is 0.201 e. The van der Waals surface area contributed by atoms with E-state index >= 15 is 0 Å². The summed E-state index contributed by atoms with van der Waals surface area (Å²) in [6.45, 7) is 0.921. The third-order valence-corrected chi connectivity index (χ3v) is 4.34. The maximum Gasteiger partial charge on any atom is 0.201 e. The van der Waals surface area contributed by atoms with Crippen molar-refractivity contribution in [2.45, 2.75) is 18.3 Å². The van der Waals surface area contributed by atoms with Crippen LogP contribution in [0.5, 0.6) is 0 Å². The van der Waals surface area contributed by atoms with E-state index in [0.717, 1.165) is 11.1 Å². The molecule has 2 heterocycles. The third-order valence-electron chi connectivity index (χ3n) is 3.75. The van der Waals surface area contributed by atoms with Gasteiger partial charge in [-0.25, -0.2) is 0 Å². The highest BCUT2D eigenvalue weighted by atomic mass is 35.5. The number of methoxy groups -OCH3 is 1. The molecule has 23 heavy (non-hydrogen) atoms. The Kier molecular flexibility index (Phi) is 5.19. The molecule has 122 valence electrons. The van der Waals surface area contributed by atoms with Gasteiger partial charge in [-0.2, -0.15) is 0 Å². The lowest BCUT2D eigenvalue weighted by atomic mass is 9.99. The molecule has 0 N–H and O–H groups in total. The molecule has 0 bridgehead atoms. The van der Waals surface area contributed by atoms with Crippen LogP contribution in [0.1, 0.15) is 11.1 Å². The van der Waals surface area contributed by atoms with Gasteiger partial charge >= 0.3 is 0 Å². The highest BCUT2D eigenvalue weighted by Gasteiger charge is 2.43. The van der Waals surface area contributed by atoms with Crippen molar-refractivity contribution in [3.8, 4) is 0 Å². The van der Waals surface area contributed by atoms with Crippen molar-refractivity contribution >= 4 is 23.2 Å². The van der Waals surface area contributed by atoms with Gasteiger partial charge in [0, 0.05) is 41.5 Å². The maximum atomic E-state index is 6.32. The van der Waals surface area contributed by atoms with Crippen LogP contribution in [0, 0.1) is 0 Å². The largest absolute Gasteiger partial charge is 0.382 e. The van der Waals surface area contributed by atoms with Crippen molar-refractivity contribution in [1.82, 2.24) is 4.98 Å². The number of hydrogen-bond acceptors (Lipinski definition) is 4. The summed E-state index contributed by atoms with van der Waals surface area (Å²) in [5.41, 5.74) is 1.75. The Morgan fingerprint density at radius 3 is 2.91 bits per heavy atom. The van der Waals surface area contributed by atoms with E-state index in [0.29, 0.717) is 29.7 Å². The van der Waals surface area contributed by atoms with Crippen molar-refractivity contribution < 1.29 is 14.2 Å². The first-order chi connectivity index (χ1) is 11.1. The number of nitrogens with zero attached hydrogens (tertiary/aromatic N) is 1. The molecule has 1 aliphatic heterocycles. The Labute approximate surface area is 145 Å². The lowest BCUT2D eigenvalue weighted by Crippen LogP contribution is -2.32. The molecule has 3 rings (SSSR count). The molecule has 2 atom stereocenters. The first-order valence-electron chi connectivity index (χ1n) is 7.28. The fourth-order valence-electron chi connectivity index (χ4n) is 2.68. The number of hydrogen-bond donors (Lipinski definition) is 0. The summed E-state index contributed by atoms with van der Waals surface area (Å²) >= 11 is 12.3. The normalized spacial score (nSPS) is 24.0. The number of aromatic nitrogens is 1. The zero-order valence-corrected chi connectivity index (χ0v) is 14.2. The van der Waals surface area contributed by atoms with E-state index in [1.807, 2.05) is 18.2 Å². The molecule has 1 saturated heterocycles. The predicted octanol–water partition coefficient (Wildman–Crippen LogP) is 3.85. The monoisotopic (exact) mass is 353 g/mol. The number of benzene rings is 1. The van der Waals surface area contributed by atoms with Gasteiger partial charge in [-0.15, -0.1) is 0 Å². The van der Waals surface area contributed by atoms with Crippen LogP contribution in [0.4, 0.5) is 0 Å². The van der Waals surface area contributed by atoms with E-state index in [4.69, 9.17) is 37.4 Å². The van der Waals surface area contributed by atoms with Crippen LogP contribution in [-0.2, 0) is 26.4 Å². The minimum Gasteiger partial charge on any atom is -0.382 e. The molecule has 0 aliphatic carbocycles. The Morgan fingerprint density at radius 1 is 1.35 bits per heavy atom. The molecule has 2 unspecified atom stereocenters. The van der Waals surface area contributed by atoms with E-state index in [2.05, 4.69) is 4.98 Å². The van der Waals surface area contributed by atoms with Crippen LogP contribution in [0.2, 0.25) is 10.0 Å². The minimum absolute atomic E-state index is 0.133. The van der Waals surface area contributed by atoms with Gasteiger partial charge in [0.15, 0.2) is 0 Å². The van der Waals surface area contributed by atoms with E-state index in [9.17, 15) is 0 Å². The zero-order chi connectivity index (χ0) is 16.3. The van der Waals surface area contributed by atoms with Crippen molar-refractivity contribution in [3.05, 3.63) is 63.9 Å². The number of ether oxygens (including phenoxy) is 3. The molecule has 0 saturated carbocycles. The highest BCUT2D eigenvalue weighted by Crippen LogP contribution is 2.39. The lowest BCUT2D eigenvalue weighted by Gasteiger charge is -2.29. The molecule has 0 radical (unpaired) electrons. The van der Waals surface area contributed by atoms with Crippen molar-refractivity contribution in [3.63, 3.8) is 0 Å². The van der Waals surface area contributed by atoms with Gasteiger partial charge in [0.05, 0.1) is 13.2 Å². The highest BCUT2D eigenvalue weighted by molar-refractivity contribution is 6.35. The summed E-state index contributed by atoms with van der Waals surface area (Å²) in [4.78, 5) is 4.18. The van der Waals surface area contributed by atoms with Crippen LogP contribution in [0.25, 0.3) is 0 Å². The van der Waals surface area contributed by atoms with Gasteiger partial charge in [0.2, 0.25) is 5.79 Å². The number of rotatable bonds is 5. The summed E-state index contributed by atoms with van der Waals surface area (Å²) < 4.78 is 17.4. The van der Waals surface area contributed by atoms with Crippen LogP contribution < -0.4 is 0 Å². The quantitative estimate of drug-likeness (QED) is 0.818. The molecule has 0 amide bonds. The summed E-state index contributed by atoms with van der Waals surface area (Å²) in [7, 11) is 1.64. The fraction of sp³-hybridized carbons (Fsp3) is 0.353. The van der Waals surface area contributed by atoms with Gasteiger partial charge in [-0.05, 0) is 23.8 Å². The Bertz CT molecular complexity index is 668. The van der Waals surface area contributed by atoms with Crippen molar-refractivity contribution in [2.24, 2.45) is 0 Å². The SMILES string of the molecule is COCC1COC(Cc2ccc(Cl)cc2Cl)(c2cccnc2)O1. The van der Waals surface area contributed by atoms with Crippen LogP contribution >= 0.6 is 23.2 Å². The third kappa shape index (κ3) is 3.67. The summed E-state index contributed by atoms with van der Waals surface area (Å²) in [6.07, 6.45) is 3.80. The molecule has 2 aromatic rings. The van der Waals surface area contributed by atoms with Gasteiger partial charge < -0.3 is 14.2 Å². The number of halogens is 2. The lowest BCUT2D eigenvalue weighted by molar-refractivity contribution is -0.180. The first kappa shape index (κ1) is 16.7. The van der Waals surface area contributed by atoms with E-state index < -0.39 is 5.79 Å². The fourth-order valence-corrected chi connectivity index (χ4v) is 3.16. The van der Waals surface area contributed by atoms with Gasteiger partial charge in [-0.1, -0.05) is 35.3 Å². The Morgan fingerprint density at radius 2 is 2.22 bits per heavy atom. The minimum atomic E-state index is -0.922. The second kappa shape index (κ2) is 7.16. The van der Waals surface area contributed by atoms with Crippen molar-refractivity contribution in [1.29, 1.82) is 0 Å². The van der Waals surface area contributed by atoms with Gasteiger partial charge in [0.25, 0.3) is 0 Å². The second-order valence-electron chi connectivity index (χ2n) is 5.41. The van der Waals surface area contributed by atoms with Gasteiger partial charge in [0.1, 0.15) is 6.10 Å². The van der Waals surface area contributed by atoms with Gasteiger partial charge in [-0.3, -0.25) is 4.98 Å². The molecule has 1 aromatic carbocycles. The average Bonchev–Trinajstić information content (AvgIpc) is 2.96. The average molecular weight is 354 g/mol. The molecule has 1 aromatic heterocycles. The predicted molar refractivity (Wildman–Crippen MR) is 88.8 cm³/mol. The summed E-state index contributed by atoms with van der Waals surface area (Å²) in [5.74, 6) is -0.922. The van der Waals surface area contributed by atoms with Crippen LogP contribution in [-0.4, -0.2) is 31.4 Å². The second-order valence-corrected chi connectivity index (χ2v) is 6.26. The molecular formula is C17H17Cl2NO3. The zero-order valence-electron chi connectivity index (χ0n) is 12.7. The molecule has 1 aliphatic rings. The molecule has 4 nitrogen and oxygen atoms in total. The van der Waals surface area contributed by atoms with Crippen molar-refractivity contribution in [2.75, 3.05) is 20.3 Å². The standard InChI is InChI=1S/C17H17Cl2NO3/c1-21-10-15-11-22-17(23-15,13-3-2-6-20-9-13)8-12-4-5-14(18)7-16(12)19/h2-7,9,15H,8,10-11H2,1H3. The number of pyridine rings is 1. The molecule has 0 spiro atoms. The van der Waals surface area contributed by atoms with E-state index in [-0.39, 0.29) is 6.10 Å². The Balaban J connectivity index is 1.93. The van der Waals surface area contributed by atoms with Crippen LogP contribution in [0.15, 0.2) is 42.7 Å². The van der Waals surface area contributed by atoms with E-state index in [1.165, 1.54) is 0 Å². The first-order valence-corrected chi connectivity index (χ1v) is 8.04. The topological polar surface area (TPSA) is 40.6 Å². The Hall–Kier alpha value is -1.17. The summed E-state index contributed by atoms with van der Waals surface area (Å²) in [6, 6.07) is 9.21. The van der Waals surface area contributed by atoms with Crippen LogP contribution in [0.3, 0.4) is 0 Å². The van der Waals surface area contributed by atoms with E-state index in [1.54, 1.807) is 31.6 Å².